The Hall–Kier alpha value is -1.58. The lowest BCUT2D eigenvalue weighted by molar-refractivity contribution is 0.148. The highest BCUT2D eigenvalue weighted by Gasteiger charge is 2.30. The lowest BCUT2D eigenvalue weighted by Crippen LogP contribution is -2.29. The van der Waals surface area contributed by atoms with E-state index < -0.39 is 0 Å². The van der Waals surface area contributed by atoms with E-state index in [1.54, 1.807) is 12.1 Å². The number of hydrogen-bond acceptors (Lipinski definition) is 2. The molecule has 2 aromatic carbocycles. The molecule has 1 aliphatic rings. The van der Waals surface area contributed by atoms with Crippen LogP contribution in [0.25, 0.3) is 0 Å². The van der Waals surface area contributed by atoms with Gasteiger partial charge in [-0.25, -0.2) is 4.39 Å². The molecule has 0 aliphatic carbocycles. The summed E-state index contributed by atoms with van der Waals surface area (Å²) in [5.41, 5.74) is 1.64. The van der Waals surface area contributed by atoms with Crippen molar-refractivity contribution in [3.63, 3.8) is 0 Å². The highest BCUT2D eigenvalue weighted by atomic mass is 35.5. The molecular weight excluding hydrogens is 289 g/mol. The number of para-hydroxylation sites is 1. The molecule has 2 unspecified atom stereocenters. The van der Waals surface area contributed by atoms with Crippen molar-refractivity contribution in [2.45, 2.75) is 25.5 Å². The zero-order chi connectivity index (χ0) is 14.8. The number of ether oxygens (including phenoxy) is 1. The number of halogens is 2. The van der Waals surface area contributed by atoms with Crippen LogP contribution in [0.5, 0.6) is 5.75 Å². The van der Waals surface area contributed by atoms with Crippen LogP contribution in [-0.4, -0.2) is 6.54 Å². The number of hydrogen-bond donors (Lipinski definition) is 1. The Kier molecular flexibility index (Phi) is 4.13. The number of benzene rings is 2. The van der Waals surface area contributed by atoms with Crippen molar-refractivity contribution in [3.05, 3.63) is 64.4 Å². The van der Waals surface area contributed by atoms with E-state index in [2.05, 4.69) is 12.2 Å². The Morgan fingerprint density at radius 1 is 1.24 bits per heavy atom. The maximum atomic E-state index is 14.1. The van der Waals surface area contributed by atoms with Crippen molar-refractivity contribution in [1.82, 2.24) is 5.32 Å². The second-order valence-corrected chi connectivity index (χ2v) is 5.59. The highest BCUT2D eigenvalue weighted by Crippen LogP contribution is 2.41. The summed E-state index contributed by atoms with van der Waals surface area (Å²) in [5, 5.41) is 3.96. The minimum atomic E-state index is -0.331. The molecule has 0 amide bonds. The van der Waals surface area contributed by atoms with E-state index >= 15 is 0 Å². The van der Waals surface area contributed by atoms with E-state index in [1.807, 2.05) is 24.3 Å². The second kappa shape index (κ2) is 6.04. The molecule has 2 nitrogen and oxygen atoms in total. The largest absolute Gasteiger partial charge is 0.485 e. The van der Waals surface area contributed by atoms with E-state index in [9.17, 15) is 4.39 Å². The maximum absolute atomic E-state index is 14.1. The average Bonchev–Trinajstić information content (AvgIpc) is 2.50. The summed E-state index contributed by atoms with van der Waals surface area (Å²) in [6.07, 6.45) is 0.352. The summed E-state index contributed by atoms with van der Waals surface area (Å²) in [5.74, 6) is 0.526. The van der Waals surface area contributed by atoms with Gasteiger partial charge in [0.2, 0.25) is 0 Å². The lowest BCUT2D eigenvalue weighted by Gasteiger charge is -2.33. The van der Waals surface area contributed by atoms with Crippen LogP contribution in [0.15, 0.2) is 42.5 Å². The summed E-state index contributed by atoms with van der Waals surface area (Å²) in [6.45, 7) is 2.91. The second-order valence-electron chi connectivity index (χ2n) is 5.16. The Morgan fingerprint density at radius 2 is 2.05 bits per heavy atom. The smallest absolute Gasteiger partial charge is 0.130 e. The molecule has 1 heterocycles. The van der Waals surface area contributed by atoms with Crippen LogP contribution in [0, 0.1) is 5.82 Å². The molecule has 2 aromatic rings. The molecule has 2 atom stereocenters. The molecular formula is C17H17ClFNO. The molecule has 0 radical (unpaired) electrons. The van der Waals surface area contributed by atoms with Gasteiger partial charge in [-0.2, -0.15) is 0 Å². The highest BCUT2D eigenvalue weighted by molar-refractivity contribution is 6.30. The molecule has 4 heteroatoms. The van der Waals surface area contributed by atoms with Crippen LogP contribution in [-0.2, 0) is 0 Å². The molecule has 0 fully saturated rings. The van der Waals surface area contributed by atoms with Gasteiger partial charge < -0.3 is 10.1 Å². The van der Waals surface area contributed by atoms with E-state index in [-0.39, 0.29) is 18.0 Å². The van der Waals surface area contributed by atoms with Gasteiger partial charge in [0.05, 0.1) is 0 Å². The summed E-state index contributed by atoms with van der Waals surface area (Å²) < 4.78 is 20.1. The molecule has 110 valence electrons. The van der Waals surface area contributed by atoms with Crippen molar-refractivity contribution in [3.8, 4) is 5.75 Å². The minimum absolute atomic E-state index is 0.156. The third kappa shape index (κ3) is 2.89. The zero-order valence-electron chi connectivity index (χ0n) is 11.8. The number of nitrogens with one attached hydrogen (secondary N) is 1. The fourth-order valence-corrected chi connectivity index (χ4v) is 2.99. The number of fused-ring (bicyclic) bond motifs is 1. The van der Waals surface area contributed by atoms with E-state index in [1.165, 1.54) is 6.07 Å². The van der Waals surface area contributed by atoms with Gasteiger partial charge in [-0.15, -0.1) is 0 Å². The van der Waals surface area contributed by atoms with Gasteiger partial charge >= 0.3 is 0 Å². The van der Waals surface area contributed by atoms with Crippen LogP contribution in [0.1, 0.15) is 36.6 Å². The molecule has 0 bridgehead atoms. The third-order valence-electron chi connectivity index (χ3n) is 3.77. The zero-order valence-corrected chi connectivity index (χ0v) is 12.5. The first-order valence-electron chi connectivity index (χ1n) is 7.13. The predicted molar refractivity (Wildman–Crippen MR) is 82.3 cm³/mol. The normalized spacial score (nSPS) is 20.7. The standard InChI is InChI=1S/C17H17ClFNO/c1-2-20-15-10-17(13-9-11(18)7-8-14(13)19)21-16-6-4-3-5-12(15)16/h3-9,15,17,20H,2,10H2,1H3. The molecule has 1 aliphatic heterocycles. The summed E-state index contributed by atoms with van der Waals surface area (Å²) in [4.78, 5) is 0. The first-order valence-corrected chi connectivity index (χ1v) is 7.50. The molecule has 0 saturated carbocycles. The molecule has 0 saturated heterocycles. The van der Waals surface area contributed by atoms with E-state index in [0.29, 0.717) is 17.0 Å². The van der Waals surface area contributed by atoms with Crippen LogP contribution < -0.4 is 10.1 Å². The van der Waals surface area contributed by atoms with Crippen LogP contribution in [0.4, 0.5) is 4.39 Å². The Labute approximate surface area is 128 Å². The molecule has 1 N–H and O–H groups in total. The first-order chi connectivity index (χ1) is 10.2. The van der Waals surface area contributed by atoms with Crippen molar-refractivity contribution in [2.24, 2.45) is 0 Å². The Balaban J connectivity index is 1.97. The van der Waals surface area contributed by atoms with Gasteiger partial charge in [-0.3, -0.25) is 0 Å². The van der Waals surface area contributed by atoms with Gasteiger partial charge in [0.15, 0.2) is 0 Å². The number of rotatable bonds is 3. The van der Waals surface area contributed by atoms with E-state index in [0.717, 1.165) is 17.9 Å². The third-order valence-corrected chi connectivity index (χ3v) is 4.00. The van der Waals surface area contributed by atoms with E-state index in [4.69, 9.17) is 16.3 Å². The first kappa shape index (κ1) is 14.4. The van der Waals surface area contributed by atoms with Gasteiger partial charge in [0, 0.05) is 28.6 Å². The summed E-state index contributed by atoms with van der Waals surface area (Å²) in [7, 11) is 0. The predicted octanol–water partition coefficient (Wildman–Crippen LogP) is 4.65. The Bertz CT molecular complexity index is 646. The molecule has 0 aromatic heterocycles. The molecule has 21 heavy (non-hydrogen) atoms. The summed E-state index contributed by atoms with van der Waals surface area (Å²) in [6, 6.07) is 12.7. The van der Waals surface area contributed by atoms with Crippen molar-refractivity contribution >= 4 is 11.6 Å². The van der Waals surface area contributed by atoms with Crippen molar-refractivity contribution in [2.75, 3.05) is 6.54 Å². The van der Waals surface area contributed by atoms with Crippen LogP contribution in [0.2, 0.25) is 5.02 Å². The fraction of sp³-hybridized carbons (Fsp3) is 0.294. The van der Waals surface area contributed by atoms with Crippen molar-refractivity contribution < 1.29 is 9.13 Å². The topological polar surface area (TPSA) is 21.3 Å². The minimum Gasteiger partial charge on any atom is -0.485 e. The van der Waals surface area contributed by atoms with Gasteiger partial charge in [0.1, 0.15) is 17.7 Å². The molecule has 0 spiro atoms. The van der Waals surface area contributed by atoms with Crippen LogP contribution >= 0.6 is 11.6 Å². The maximum Gasteiger partial charge on any atom is 0.130 e. The Morgan fingerprint density at radius 3 is 2.86 bits per heavy atom. The van der Waals surface area contributed by atoms with Crippen LogP contribution in [0.3, 0.4) is 0 Å². The van der Waals surface area contributed by atoms with Gasteiger partial charge in [0.25, 0.3) is 0 Å². The summed E-state index contributed by atoms with van der Waals surface area (Å²) >= 11 is 6.00. The SMILES string of the molecule is CCNC1CC(c2cc(Cl)ccc2F)Oc2ccccc21. The van der Waals surface area contributed by atoms with Crippen molar-refractivity contribution in [1.29, 1.82) is 0 Å². The fourth-order valence-electron chi connectivity index (χ4n) is 2.81. The van der Waals surface area contributed by atoms with Gasteiger partial charge in [-0.05, 0) is 30.8 Å². The lowest BCUT2D eigenvalue weighted by atomic mass is 9.92. The van der Waals surface area contributed by atoms with Gasteiger partial charge in [-0.1, -0.05) is 36.7 Å². The molecule has 3 rings (SSSR count). The average molecular weight is 306 g/mol. The quantitative estimate of drug-likeness (QED) is 0.891. The monoisotopic (exact) mass is 305 g/mol.